The summed E-state index contributed by atoms with van der Waals surface area (Å²) in [5, 5.41) is 14.3. The quantitative estimate of drug-likeness (QED) is 0.205. The summed E-state index contributed by atoms with van der Waals surface area (Å²) in [6, 6.07) is 0. The van der Waals surface area contributed by atoms with Crippen LogP contribution in [0.5, 0.6) is 0 Å². The van der Waals surface area contributed by atoms with Crippen molar-refractivity contribution in [2.24, 2.45) is 0 Å². The van der Waals surface area contributed by atoms with Crippen molar-refractivity contribution in [3.05, 3.63) is 0 Å². The van der Waals surface area contributed by atoms with Crippen LogP contribution in [0.3, 0.4) is 0 Å². The van der Waals surface area contributed by atoms with E-state index in [1.165, 1.54) is 0 Å². The van der Waals surface area contributed by atoms with Crippen LogP contribution in [-0.2, 0) is 25.1 Å². The molecule has 0 radical (unpaired) electrons. The van der Waals surface area contributed by atoms with Gasteiger partial charge in [0.1, 0.15) is 0 Å². The molecule has 1 unspecified atom stereocenters. The zero-order valence-corrected chi connectivity index (χ0v) is 13.5. The van der Waals surface area contributed by atoms with E-state index in [2.05, 4.69) is 15.0 Å². The first-order chi connectivity index (χ1) is 10.0. The molecule has 0 spiro atoms. The molecule has 2 N–H and O–H groups in total. The van der Waals surface area contributed by atoms with E-state index in [1.54, 1.807) is 6.92 Å². The summed E-state index contributed by atoms with van der Waals surface area (Å²) in [7, 11) is -3.88. The van der Waals surface area contributed by atoms with Crippen molar-refractivity contribution in [2.45, 2.75) is 76.4 Å². The fraction of sp³-hybridized carbons (Fsp3) is 1.00. The van der Waals surface area contributed by atoms with Crippen molar-refractivity contribution >= 4 is 10.1 Å². The average Bonchev–Trinajstić information content (AvgIpc) is 2.42. The van der Waals surface area contributed by atoms with E-state index in [9.17, 15) is 8.42 Å². The van der Waals surface area contributed by atoms with Crippen LogP contribution >= 0.6 is 0 Å². The molecule has 0 fully saturated rings. The fourth-order valence-electron chi connectivity index (χ4n) is 2.21. The molecule has 128 valence electrons. The number of hydrogen-bond acceptors (Lipinski definition) is 6. The van der Waals surface area contributed by atoms with E-state index in [0.717, 1.165) is 51.4 Å². The van der Waals surface area contributed by atoms with Crippen molar-refractivity contribution in [1.29, 1.82) is 0 Å². The number of hydrogen-bond donors (Lipinski definition) is 2. The second-order valence-corrected chi connectivity index (χ2v) is 6.82. The van der Waals surface area contributed by atoms with Crippen LogP contribution in [0.1, 0.15) is 71.1 Å². The highest BCUT2D eigenvalue weighted by Gasteiger charge is 2.19. The molecule has 0 saturated carbocycles. The lowest BCUT2D eigenvalue weighted by Crippen LogP contribution is -2.19. The highest BCUT2D eigenvalue weighted by atomic mass is 32.2. The molecule has 0 saturated heterocycles. The average molecular weight is 328 g/mol. The van der Waals surface area contributed by atoms with Crippen molar-refractivity contribution in [3.63, 3.8) is 0 Å². The molecular formula is C13H28O7S. The molecule has 0 rings (SSSR count). The van der Waals surface area contributed by atoms with Crippen LogP contribution < -0.4 is 0 Å². The first-order valence-corrected chi connectivity index (χ1v) is 9.08. The summed E-state index contributed by atoms with van der Waals surface area (Å²) in [6.45, 7) is 2.16. The predicted octanol–water partition coefficient (Wildman–Crippen LogP) is 3.52. The molecule has 7 nitrogen and oxygen atoms in total. The predicted molar refractivity (Wildman–Crippen MR) is 77.9 cm³/mol. The maximum Gasteiger partial charge on any atom is 0.267 e. The van der Waals surface area contributed by atoms with E-state index >= 15 is 0 Å². The first kappa shape index (κ1) is 20.8. The molecule has 21 heavy (non-hydrogen) atoms. The van der Waals surface area contributed by atoms with Gasteiger partial charge in [0.2, 0.25) is 0 Å². The third kappa shape index (κ3) is 13.2. The van der Waals surface area contributed by atoms with Gasteiger partial charge in [0, 0.05) is 0 Å². The van der Waals surface area contributed by atoms with Crippen LogP contribution in [0.15, 0.2) is 0 Å². The molecule has 0 aromatic carbocycles. The van der Waals surface area contributed by atoms with Crippen molar-refractivity contribution in [1.82, 2.24) is 0 Å². The normalized spacial score (nSPS) is 13.5. The van der Waals surface area contributed by atoms with Gasteiger partial charge in [-0.25, -0.2) is 10.1 Å². The van der Waals surface area contributed by atoms with Crippen LogP contribution in [0.2, 0.25) is 0 Å². The minimum absolute atomic E-state index is 0.384. The maximum atomic E-state index is 11.0. The van der Waals surface area contributed by atoms with Gasteiger partial charge < -0.3 is 0 Å². The lowest BCUT2D eigenvalue weighted by atomic mass is 10.1. The topological polar surface area (TPSA) is 102 Å². The van der Waals surface area contributed by atoms with E-state index in [0.29, 0.717) is 19.4 Å². The van der Waals surface area contributed by atoms with E-state index < -0.39 is 15.4 Å². The van der Waals surface area contributed by atoms with Gasteiger partial charge in [-0.15, -0.1) is 0 Å². The third-order valence-electron chi connectivity index (χ3n) is 3.46. The van der Waals surface area contributed by atoms with Gasteiger partial charge >= 0.3 is 0 Å². The molecule has 8 heteroatoms. The Morgan fingerprint density at radius 2 is 1.48 bits per heavy atom. The standard InChI is InChI=1S/C13H28O7S/c1-2-13(21(15,16)17)11-9-7-5-3-4-6-8-10-12-18-20-19-14/h13-14H,2-12H2,1H3,(H,15,16,17). The first-order valence-electron chi connectivity index (χ1n) is 7.58. The smallest absolute Gasteiger partial charge is 0.267 e. The maximum absolute atomic E-state index is 11.0. The molecule has 0 aliphatic rings. The van der Waals surface area contributed by atoms with Gasteiger partial charge in [-0.05, 0) is 29.3 Å². The Morgan fingerprint density at radius 3 is 1.95 bits per heavy atom. The van der Waals surface area contributed by atoms with Crippen LogP contribution in [0.4, 0.5) is 0 Å². The summed E-state index contributed by atoms with van der Waals surface area (Å²) in [4.78, 5) is 4.46. The molecule has 0 aromatic rings. The van der Waals surface area contributed by atoms with E-state index in [4.69, 9.17) is 9.81 Å². The Morgan fingerprint density at radius 1 is 0.952 bits per heavy atom. The van der Waals surface area contributed by atoms with Crippen LogP contribution in [-0.4, -0.2) is 30.1 Å². The van der Waals surface area contributed by atoms with Crippen molar-refractivity contribution in [2.75, 3.05) is 6.61 Å². The van der Waals surface area contributed by atoms with E-state index in [1.807, 2.05) is 0 Å². The molecule has 0 aliphatic carbocycles. The Hall–Kier alpha value is -0.250. The number of unbranched alkanes of at least 4 members (excludes halogenated alkanes) is 7. The zero-order chi connectivity index (χ0) is 16.0. The molecule has 0 bridgehead atoms. The minimum Gasteiger partial charge on any atom is -0.285 e. The molecule has 0 heterocycles. The minimum atomic E-state index is -3.88. The second kappa shape index (κ2) is 13.4. The van der Waals surface area contributed by atoms with Crippen LogP contribution in [0.25, 0.3) is 0 Å². The Labute approximate surface area is 127 Å². The Kier molecular flexibility index (Phi) is 13.3. The summed E-state index contributed by atoms with van der Waals surface area (Å²) in [5.41, 5.74) is 0. The molecule has 1 atom stereocenters. The Balaban J connectivity index is 3.29. The second-order valence-electron chi connectivity index (χ2n) is 5.13. The van der Waals surface area contributed by atoms with Crippen LogP contribution in [0, 0.1) is 0 Å². The lowest BCUT2D eigenvalue weighted by Gasteiger charge is -2.10. The zero-order valence-electron chi connectivity index (χ0n) is 12.7. The van der Waals surface area contributed by atoms with Gasteiger partial charge in [-0.2, -0.15) is 8.42 Å². The molecular weight excluding hydrogens is 300 g/mol. The Bertz CT molecular complexity index is 318. The molecule has 0 aliphatic heterocycles. The van der Waals surface area contributed by atoms with Gasteiger partial charge in [-0.3, -0.25) is 4.55 Å². The third-order valence-corrected chi connectivity index (χ3v) is 4.87. The lowest BCUT2D eigenvalue weighted by molar-refractivity contribution is -0.623. The van der Waals surface area contributed by atoms with Crippen molar-refractivity contribution in [3.8, 4) is 0 Å². The highest BCUT2D eigenvalue weighted by molar-refractivity contribution is 7.86. The molecule has 0 amide bonds. The summed E-state index contributed by atoms with van der Waals surface area (Å²) >= 11 is 0. The van der Waals surface area contributed by atoms with Crippen molar-refractivity contribution < 1.29 is 33.2 Å². The number of rotatable bonds is 15. The SMILES string of the molecule is CCC(CCCCCCCCCCOOOO)S(=O)(=O)O. The molecule has 0 aromatic heterocycles. The van der Waals surface area contributed by atoms with Gasteiger partial charge in [0.15, 0.2) is 0 Å². The fourth-order valence-corrected chi connectivity index (χ4v) is 3.10. The monoisotopic (exact) mass is 328 g/mol. The van der Waals surface area contributed by atoms with Gasteiger partial charge in [-0.1, -0.05) is 51.9 Å². The summed E-state index contributed by atoms with van der Waals surface area (Å²) in [5.74, 6) is 0. The summed E-state index contributed by atoms with van der Waals surface area (Å²) < 4.78 is 31.0. The largest absolute Gasteiger partial charge is 0.285 e. The van der Waals surface area contributed by atoms with Gasteiger partial charge in [0.05, 0.1) is 11.9 Å². The summed E-state index contributed by atoms with van der Waals surface area (Å²) in [6.07, 6.45) is 9.15. The highest BCUT2D eigenvalue weighted by Crippen LogP contribution is 2.15. The van der Waals surface area contributed by atoms with Gasteiger partial charge in [0.25, 0.3) is 10.1 Å². The van der Waals surface area contributed by atoms with E-state index in [-0.39, 0.29) is 0 Å².